The monoisotopic (exact) mass is 480 g/mol. The summed E-state index contributed by atoms with van der Waals surface area (Å²) in [5.41, 5.74) is 0. The normalized spacial score (nSPS) is 24.9. The molecule has 0 aromatic heterocycles. The van der Waals surface area contributed by atoms with Crippen LogP contribution >= 0.6 is 0 Å². The minimum Gasteiger partial charge on any atom is -0.475 e. The molecule has 5 rings (SSSR count). The zero-order valence-electron chi connectivity index (χ0n) is 19.4. The molecule has 2 aliphatic heterocycles. The second-order valence-corrected chi connectivity index (χ2v) is 8.44. The fraction of sp³-hybridized carbons (Fsp3) is 0.346. The Kier molecular flexibility index (Phi) is 5.94. The highest BCUT2D eigenvalue weighted by Gasteiger charge is 2.55. The molecule has 0 N–H and O–H groups in total. The van der Waals surface area contributed by atoms with Gasteiger partial charge in [0.1, 0.15) is 12.7 Å². The second kappa shape index (κ2) is 9.07. The first-order valence-corrected chi connectivity index (χ1v) is 11.2. The molecule has 1 saturated heterocycles. The Bertz CT molecular complexity index is 1320. The average Bonchev–Trinajstić information content (AvgIpc) is 2.83. The summed E-state index contributed by atoms with van der Waals surface area (Å²) in [6.07, 6.45) is -5.09. The molecule has 5 atom stereocenters. The minimum absolute atomic E-state index is 0.233. The number of fused-ring (bicyclic) bond motifs is 7. The average molecular weight is 480 g/mol. The molecule has 0 bridgehead atoms. The van der Waals surface area contributed by atoms with Crippen molar-refractivity contribution in [3.05, 3.63) is 48.5 Å². The van der Waals surface area contributed by atoms with Gasteiger partial charge in [-0.25, -0.2) is 0 Å². The molecule has 2 heterocycles. The molecule has 5 unspecified atom stereocenters. The molecule has 0 spiro atoms. The molecule has 1 fully saturated rings. The third kappa shape index (κ3) is 4.23. The molecule has 3 aromatic carbocycles. The van der Waals surface area contributed by atoms with Crippen molar-refractivity contribution in [2.45, 2.75) is 51.5 Å². The summed E-state index contributed by atoms with van der Waals surface area (Å²) in [6, 6.07) is 15.5. The van der Waals surface area contributed by atoms with E-state index in [4.69, 9.17) is 28.4 Å². The number of benzene rings is 3. The van der Waals surface area contributed by atoms with Crippen LogP contribution in [0.2, 0.25) is 0 Å². The second-order valence-electron chi connectivity index (χ2n) is 8.44. The van der Waals surface area contributed by atoms with Gasteiger partial charge >= 0.3 is 17.9 Å². The lowest BCUT2D eigenvalue weighted by molar-refractivity contribution is -0.286. The van der Waals surface area contributed by atoms with Crippen molar-refractivity contribution >= 4 is 39.5 Å². The number of esters is 3. The minimum atomic E-state index is -1.09. The van der Waals surface area contributed by atoms with Gasteiger partial charge in [0.2, 0.25) is 12.4 Å². The van der Waals surface area contributed by atoms with Gasteiger partial charge in [-0.3, -0.25) is 14.4 Å². The van der Waals surface area contributed by atoms with Gasteiger partial charge in [-0.2, -0.15) is 0 Å². The number of hydrogen-bond donors (Lipinski definition) is 0. The van der Waals surface area contributed by atoms with Crippen molar-refractivity contribution in [3.63, 3.8) is 0 Å². The SMILES string of the molecule is CC(=O)OCC1OC2Oc3c(c4ccccc4c4ccccc34)OC2C(OC(C)=O)C1OC(C)=O. The van der Waals surface area contributed by atoms with Crippen LogP contribution < -0.4 is 9.47 Å². The quantitative estimate of drug-likeness (QED) is 0.316. The molecule has 182 valence electrons. The summed E-state index contributed by atoms with van der Waals surface area (Å²) in [6.45, 7) is 3.50. The van der Waals surface area contributed by atoms with Crippen molar-refractivity contribution in [1.29, 1.82) is 0 Å². The number of carbonyl (C=O) groups is 3. The van der Waals surface area contributed by atoms with E-state index < -0.39 is 48.6 Å². The predicted octanol–water partition coefficient (Wildman–Crippen LogP) is 3.28. The summed E-state index contributed by atoms with van der Waals surface area (Å²) in [4.78, 5) is 35.4. The topological polar surface area (TPSA) is 107 Å². The number of ether oxygens (including phenoxy) is 6. The Morgan fingerprint density at radius 2 is 1.23 bits per heavy atom. The van der Waals surface area contributed by atoms with Gasteiger partial charge in [0.15, 0.2) is 23.7 Å². The Morgan fingerprint density at radius 1 is 0.714 bits per heavy atom. The fourth-order valence-electron chi connectivity index (χ4n) is 4.65. The van der Waals surface area contributed by atoms with Crippen molar-refractivity contribution in [3.8, 4) is 11.5 Å². The molecular weight excluding hydrogens is 456 g/mol. The molecule has 0 aliphatic carbocycles. The molecule has 9 nitrogen and oxygen atoms in total. The fourth-order valence-corrected chi connectivity index (χ4v) is 4.65. The molecular formula is C26H24O9. The van der Waals surface area contributed by atoms with E-state index in [1.807, 2.05) is 48.5 Å². The van der Waals surface area contributed by atoms with Crippen LogP contribution in [0, 0.1) is 0 Å². The largest absolute Gasteiger partial charge is 0.475 e. The van der Waals surface area contributed by atoms with Crippen LogP contribution in [0.5, 0.6) is 11.5 Å². The summed E-state index contributed by atoms with van der Waals surface area (Å²) < 4.78 is 35.1. The zero-order chi connectivity index (χ0) is 24.7. The third-order valence-electron chi connectivity index (χ3n) is 5.97. The van der Waals surface area contributed by atoms with Gasteiger partial charge in [-0.15, -0.1) is 0 Å². The summed E-state index contributed by atoms with van der Waals surface area (Å²) in [5, 5.41) is 3.58. The maximum Gasteiger partial charge on any atom is 0.303 e. The molecule has 3 aromatic rings. The van der Waals surface area contributed by atoms with E-state index in [0.717, 1.165) is 21.5 Å². The first-order valence-electron chi connectivity index (χ1n) is 11.2. The number of carbonyl (C=O) groups excluding carboxylic acids is 3. The van der Waals surface area contributed by atoms with Gasteiger partial charge in [0, 0.05) is 31.5 Å². The van der Waals surface area contributed by atoms with Gasteiger partial charge in [-0.05, 0) is 10.8 Å². The van der Waals surface area contributed by atoms with Crippen LogP contribution in [-0.4, -0.2) is 55.2 Å². The summed E-state index contributed by atoms with van der Waals surface area (Å²) in [5.74, 6) is -0.794. The first kappa shape index (κ1) is 22.9. The Hall–Kier alpha value is -3.85. The molecule has 2 aliphatic rings. The van der Waals surface area contributed by atoms with Gasteiger partial charge in [0.05, 0.1) is 0 Å². The Morgan fingerprint density at radius 3 is 1.77 bits per heavy atom. The van der Waals surface area contributed by atoms with E-state index in [-0.39, 0.29) is 6.61 Å². The lowest BCUT2D eigenvalue weighted by Gasteiger charge is -2.46. The number of hydrogen-bond acceptors (Lipinski definition) is 9. The summed E-state index contributed by atoms with van der Waals surface area (Å²) >= 11 is 0. The molecule has 0 radical (unpaired) electrons. The van der Waals surface area contributed by atoms with Gasteiger partial charge in [-0.1, -0.05) is 48.5 Å². The van der Waals surface area contributed by atoms with Crippen LogP contribution in [0.25, 0.3) is 21.5 Å². The van der Waals surface area contributed by atoms with Crippen LogP contribution in [0.1, 0.15) is 20.8 Å². The highest BCUT2D eigenvalue weighted by atomic mass is 16.7. The van der Waals surface area contributed by atoms with Gasteiger partial charge < -0.3 is 28.4 Å². The Balaban J connectivity index is 1.63. The Labute approximate surface area is 200 Å². The standard InChI is InChI=1S/C26H24O9/c1-13(27)30-12-20-23(31-14(2)28)24(32-15(3)29)25-26(33-20)35-22-19-11-7-5-9-17(19)16-8-4-6-10-18(16)21(22)34-25/h4-11,20,23-26H,12H2,1-3H3. The van der Waals surface area contributed by atoms with Crippen LogP contribution in [-0.2, 0) is 33.3 Å². The lowest BCUT2D eigenvalue weighted by Crippen LogP contribution is -2.65. The van der Waals surface area contributed by atoms with Crippen LogP contribution in [0.3, 0.4) is 0 Å². The van der Waals surface area contributed by atoms with Crippen molar-refractivity contribution in [1.82, 2.24) is 0 Å². The summed E-state index contributed by atoms with van der Waals surface area (Å²) in [7, 11) is 0. The zero-order valence-corrected chi connectivity index (χ0v) is 19.4. The third-order valence-corrected chi connectivity index (χ3v) is 5.97. The van der Waals surface area contributed by atoms with E-state index in [1.54, 1.807) is 0 Å². The smallest absolute Gasteiger partial charge is 0.303 e. The maximum absolute atomic E-state index is 12.0. The van der Waals surface area contributed by atoms with Gasteiger partial charge in [0.25, 0.3) is 0 Å². The van der Waals surface area contributed by atoms with Crippen molar-refractivity contribution in [2.24, 2.45) is 0 Å². The molecule has 0 amide bonds. The van der Waals surface area contributed by atoms with Crippen molar-refractivity contribution in [2.75, 3.05) is 6.61 Å². The molecule has 35 heavy (non-hydrogen) atoms. The lowest BCUT2D eigenvalue weighted by atomic mass is 9.95. The van der Waals surface area contributed by atoms with E-state index >= 15 is 0 Å². The van der Waals surface area contributed by atoms with Crippen molar-refractivity contribution < 1.29 is 42.8 Å². The van der Waals surface area contributed by atoms with E-state index in [9.17, 15) is 14.4 Å². The van der Waals surface area contributed by atoms with Crippen LogP contribution in [0.15, 0.2) is 48.5 Å². The predicted molar refractivity (Wildman–Crippen MR) is 123 cm³/mol. The highest BCUT2D eigenvalue weighted by Crippen LogP contribution is 2.48. The number of rotatable bonds is 4. The van der Waals surface area contributed by atoms with E-state index in [1.165, 1.54) is 20.8 Å². The highest BCUT2D eigenvalue weighted by molar-refractivity contribution is 6.13. The maximum atomic E-state index is 12.0. The molecule has 0 saturated carbocycles. The van der Waals surface area contributed by atoms with E-state index in [2.05, 4.69) is 0 Å². The first-order chi connectivity index (χ1) is 16.8. The molecule has 9 heteroatoms. The van der Waals surface area contributed by atoms with Crippen LogP contribution in [0.4, 0.5) is 0 Å². The van der Waals surface area contributed by atoms with E-state index in [0.29, 0.717) is 11.5 Å².